The summed E-state index contributed by atoms with van der Waals surface area (Å²) in [5.74, 6) is -2.40. The van der Waals surface area contributed by atoms with Crippen LogP contribution in [0.15, 0.2) is 35.0 Å². The Labute approximate surface area is 154 Å². The molecule has 0 atom stereocenters. The Kier molecular flexibility index (Phi) is 5.95. The van der Waals surface area contributed by atoms with Gasteiger partial charge in [-0.1, -0.05) is 0 Å². The molecule has 0 unspecified atom stereocenters. The average molecular weight is 379 g/mol. The predicted molar refractivity (Wildman–Crippen MR) is 95.4 cm³/mol. The third-order valence-electron chi connectivity index (χ3n) is 4.32. The van der Waals surface area contributed by atoms with Crippen molar-refractivity contribution in [3.63, 3.8) is 0 Å². The summed E-state index contributed by atoms with van der Waals surface area (Å²) in [6, 6.07) is 4.91. The molecule has 1 aliphatic rings. The fourth-order valence-electron chi connectivity index (χ4n) is 2.81. The van der Waals surface area contributed by atoms with Crippen LogP contribution < -0.4 is 5.32 Å². The first kappa shape index (κ1) is 18.5. The molecule has 1 N–H and O–H groups in total. The minimum Gasteiger partial charge on any atom is -0.351 e. The van der Waals surface area contributed by atoms with Crippen LogP contribution in [0.5, 0.6) is 0 Å². The number of benzene rings is 1. The number of thiophene rings is 1. The van der Waals surface area contributed by atoms with E-state index in [1.54, 1.807) is 0 Å². The van der Waals surface area contributed by atoms with Gasteiger partial charge in [0, 0.05) is 50.2 Å². The minimum absolute atomic E-state index is 0.0533. The van der Waals surface area contributed by atoms with Gasteiger partial charge in [-0.3, -0.25) is 14.5 Å². The number of piperazine rings is 1. The second-order valence-corrected chi connectivity index (χ2v) is 6.81. The Bertz CT molecular complexity index is 775. The molecular formula is C18H19F2N3O2S. The SMILES string of the molecule is O=C(NCCN1CCN(C(=O)c2ccsc2)CC1)c1ccc(F)c(F)c1. The number of nitrogens with one attached hydrogen (secondary N) is 1. The quantitative estimate of drug-likeness (QED) is 0.867. The predicted octanol–water partition coefficient (Wildman–Crippen LogP) is 2.21. The Morgan fingerprint density at radius 3 is 2.46 bits per heavy atom. The van der Waals surface area contributed by atoms with E-state index in [2.05, 4.69) is 10.2 Å². The molecule has 138 valence electrons. The van der Waals surface area contributed by atoms with E-state index in [0.29, 0.717) is 26.2 Å². The number of nitrogens with zero attached hydrogens (tertiary/aromatic N) is 2. The molecule has 0 aliphatic carbocycles. The summed E-state index contributed by atoms with van der Waals surface area (Å²) in [5, 5.41) is 6.44. The molecule has 1 saturated heterocycles. The van der Waals surface area contributed by atoms with Crippen molar-refractivity contribution in [2.24, 2.45) is 0 Å². The third-order valence-corrected chi connectivity index (χ3v) is 5.01. The molecule has 0 spiro atoms. The van der Waals surface area contributed by atoms with Gasteiger partial charge in [-0.25, -0.2) is 8.78 Å². The first-order valence-electron chi connectivity index (χ1n) is 8.31. The third kappa shape index (κ3) is 4.44. The van der Waals surface area contributed by atoms with Crippen LogP contribution >= 0.6 is 11.3 Å². The van der Waals surface area contributed by atoms with Crippen molar-refractivity contribution in [2.45, 2.75) is 0 Å². The smallest absolute Gasteiger partial charge is 0.254 e. The zero-order chi connectivity index (χ0) is 18.5. The number of carbonyl (C=O) groups excluding carboxylic acids is 2. The molecule has 1 aliphatic heterocycles. The van der Waals surface area contributed by atoms with Gasteiger partial charge in [0.15, 0.2) is 11.6 Å². The van der Waals surface area contributed by atoms with Crippen LogP contribution in [0.2, 0.25) is 0 Å². The molecule has 0 bridgehead atoms. The fourth-order valence-corrected chi connectivity index (χ4v) is 3.44. The summed E-state index contributed by atoms with van der Waals surface area (Å²) in [6.07, 6.45) is 0. The van der Waals surface area contributed by atoms with Crippen LogP contribution in [0.25, 0.3) is 0 Å². The Morgan fingerprint density at radius 2 is 1.81 bits per heavy atom. The van der Waals surface area contributed by atoms with Crippen molar-refractivity contribution < 1.29 is 18.4 Å². The molecule has 0 radical (unpaired) electrons. The lowest BCUT2D eigenvalue weighted by molar-refractivity contribution is 0.0638. The standard InChI is InChI=1S/C18H19F2N3O2S/c19-15-2-1-13(11-16(15)20)17(24)21-4-5-22-6-8-23(9-7-22)18(25)14-3-10-26-12-14/h1-3,10-12H,4-9H2,(H,21,24). The highest BCUT2D eigenvalue weighted by atomic mass is 32.1. The molecule has 2 heterocycles. The number of rotatable bonds is 5. The summed E-state index contributed by atoms with van der Waals surface area (Å²) in [6.45, 7) is 3.79. The van der Waals surface area contributed by atoms with Gasteiger partial charge in [0.25, 0.3) is 11.8 Å². The minimum atomic E-state index is -1.04. The molecule has 2 amide bonds. The maximum atomic E-state index is 13.2. The van der Waals surface area contributed by atoms with Gasteiger partial charge >= 0.3 is 0 Å². The second kappa shape index (κ2) is 8.37. The molecule has 1 aromatic carbocycles. The van der Waals surface area contributed by atoms with Crippen LogP contribution in [0.1, 0.15) is 20.7 Å². The topological polar surface area (TPSA) is 52.7 Å². The highest BCUT2D eigenvalue weighted by Gasteiger charge is 2.22. The van der Waals surface area contributed by atoms with Crippen molar-refractivity contribution >= 4 is 23.2 Å². The van der Waals surface area contributed by atoms with E-state index in [-0.39, 0.29) is 11.5 Å². The van der Waals surface area contributed by atoms with Crippen molar-refractivity contribution in [3.05, 3.63) is 57.8 Å². The molecule has 2 aromatic rings. The zero-order valence-corrected chi connectivity index (χ0v) is 14.9. The largest absolute Gasteiger partial charge is 0.351 e. The van der Waals surface area contributed by atoms with Crippen molar-refractivity contribution in [3.8, 4) is 0 Å². The normalized spacial score (nSPS) is 15.1. The molecule has 1 aromatic heterocycles. The molecule has 5 nitrogen and oxygen atoms in total. The Hall–Kier alpha value is -2.32. The lowest BCUT2D eigenvalue weighted by Gasteiger charge is -2.34. The van der Waals surface area contributed by atoms with Gasteiger partial charge in [0.2, 0.25) is 0 Å². The van der Waals surface area contributed by atoms with E-state index in [4.69, 9.17) is 0 Å². The van der Waals surface area contributed by atoms with E-state index in [1.807, 2.05) is 21.7 Å². The van der Waals surface area contributed by atoms with E-state index in [9.17, 15) is 18.4 Å². The van der Waals surface area contributed by atoms with E-state index < -0.39 is 17.5 Å². The van der Waals surface area contributed by atoms with E-state index >= 15 is 0 Å². The highest BCUT2D eigenvalue weighted by Crippen LogP contribution is 2.12. The number of amides is 2. The maximum Gasteiger partial charge on any atom is 0.254 e. The maximum absolute atomic E-state index is 13.2. The van der Waals surface area contributed by atoms with Crippen molar-refractivity contribution in [1.29, 1.82) is 0 Å². The molecule has 26 heavy (non-hydrogen) atoms. The summed E-state index contributed by atoms with van der Waals surface area (Å²) in [4.78, 5) is 28.2. The monoisotopic (exact) mass is 379 g/mol. The van der Waals surface area contributed by atoms with Crippen LogP contribution in [-0.4, -0.2) is 60.9 Å². The fraction of sp³-hybridized carbons (Fsp3) is 0.333. The number of carbonyl (C=O) groups is 2. The highest BCUT2D eigenvalue weighted by molar-refractivity contribution is 7.08. The van der Waals surface area contributed by atoms with Crippen LogP contribution in [0.3, 0.4) is 0 Å². The lowest BCUT2D eigenvalue weighted by Crippen LogP contribution is -2.50. The Morgan fingerprint density at radius 1 is 1.04 bits per heavy atom. The van der Waals surface area contributed by atoms with Crippen molar-refractivity contribution in [1.82, 2.24) is 15.1 Å². The number of hydrogen-bond acceptors (Lipinski definition) is 4. The van der Waals surface area contributed by atoms with E-state index in [0.717, 1.165) is 30.8 Å². The first-order chi connectivity index (χ1) is 12.5. The van der Waals surface area contributed by atoms with Gasteiger partial charge in [-0.05, 0) is 29.6 Å². The second-order valence-electron chi connectivity index (χ2n) is 6.03. The van der Waals surface area contributed by atoms with Crippen molar-refractivity contribution in [2.75, 3.05) is 39.3 Å². The van der Waals surface area contributed by atoms with Gasteiger partial charge < -0.3 is 10.2 Å². The van der Waals surface area contributed by atoms with Crippen LogP contribution in [0.4, 0.5) is 8.78 Å². The molecule has 8 heteroatoms. The van der Waals surface area contributed by atoms with Crippen LogP contribution in [-0.2, 0) is 0 Å². The van der Waals surface area contributed by atoms with Gasteiger partial charge in [0.05, 0.1) is 5.56 Å². The summed E-state index contributed by atoms with van der Waals surface area (Å²) in [7, 11) is 0. The van der Waals surface area contributed by atoms with Crippen LogP contribution in [0, 0.1) is 11.6 Å². The molecule has 1 fully saturated rings. The lowest BCUT2D eigenvalue weighted by atomic mass is 10.2. The first-order valence-corrected chi connectivity index (χ1v) is 9.26. The van der Waals surface area contributed by atoms with E-state index in [1.165, 1.54) is 17.4 Å². The van der Waals surface area contributed by atoms with Gasteiger partial charge in [0.1, 0.15) is 0 Å². The number of hydrogen-bond donors (Lipinski definition) is 1. The average Bonchev–Trinajstić information content (AvgIpc) is 3.18. The Balaban J connectivity index is 1.40. The molecule has 0 saturated carbocycles. The zero-order valence-electron chi connectivity index (χ0n) is 14.1. The summed E-state index contributed by atoms with van der Waals surface area (Å²) < 4.78 is 26.1. The molecular weight excluding hydrogens is 360 g/mol. The van der Waals surface area contributed by atoms with Gasteiger partial charge in [-0.2, -0.15) is 11.3 Å². The van der Waals surface area contributed by atoms with Gasteiger partial charge in [-0.15, -0.1) is 0 Å². The molecule has 3 rings (SSSR count). The summed E-state index contributed by atoms with van der Waals surface area (Å²) >= 11 is 1.50. The summed E-state index contributed by atoms with van der Waals surface area (Å²) in [5.41, 5.74) is 0.817. The number of halogens is 2.